The summed E-state index contributed by atoms with van der Waals surface area (Å²) in [5.41, 5.74) is 0.500. The SMILES string of the molecule is Cc1oncc1C(=O)N1CCCCC1CO. The van der Waals surface area contributed by atoms with Gasteiger partial charge in [0.25, 0.3) is 5.91 Å². The lowest BCUT2D eigenvalue weighted by atomic mass is 10.0. The Morgan fingerprint density at radius 3 is 3.12 bits per heavy atom. The monoisotopic (exact) mass is 224 g/mol. The molecule has 1 aromatic heterocycles. The van der Waals surface area contributed by atoms with Gasteiger partial charge in [-0.2, -0.15) is 0 Å². The Kier molecular flexibility index (Phi) is 3.24. The highest BCUT2D eigenvalue weighted by Gasteiger charge is 2.28. The lowest BCUT2D eigenvalue weighted by Gasteiger charge is -2.34. The zero-order valence-electron chi connectivity index (χ0n) is 9.35. The molecule has 2 heterocycles. The van der Waals surface area contributed by atoms with E-state index in [0.29, 0.717) is 17.9 Å². The minimum Gasteiger partial charge on any atom is -0.394 e. The van der Waals surface area contributed by atoms with Crippen molar-refractivity contribution in [1.29, 1.82) is 0 Å². The van der Waals surface area contributed by atoms with Crippen LogP contribution in [0, 0.1) is 6.92 Å². The summed E-state index contributed by atoms with van der Waals surface area (Å²) in [6.07, 6.45) is 4.37. The van der Waals surface area contributed by atoms with Gasteiger partial charge >= 0.3 is 0 Å². The molecule has 1 aliphatic rings. The predicted octanol–water partition coefficient (Wildman–Crippen LogP) is 0.970. The maximum absolute atomic E-state index is 12.2. The van der Waals surface area contributed by atoms with Crippen molar-refractivity contribution >= 4 is 5.91 Å². The number of carbonyl (C=O) groups excluding carboxylic acids is 1. The molecule has 1 saturated heterocycles. The lowest BCUT2D eigenvalue weighted by molar-refractivity contribution is 0.0501. The number of nitrogens with zero attached hydrogens (tertiary/aromatic N) is 2. The summed E-state index contributed by atoms with van der Waals surface area (Å²) >= 11 is 0. The number of likely N-dealkylation sites (tertiary alicyclic amines) is 1. The van der Waals surface area contributed by atoms with Crippen LogP contribution in [0.25, 0.3) is 0 Å². The van der Waals surface area contributed by atoms with Gasteiger partial charge in [-0.05, 0) is 26.2 Å². The van der Waals surface area contributed by atoms with E-state index in [1.165, 1.54) is 6.20 Å². The Bertz CT molecular complexity index is 375. The van der Waals surface area contributed by atoms with Gasteiger partial charge in [-0.15, -0.1) is 0 Å². The van der Waals surface area contributed by atoms with Gasteiger partial charge in [0.15, 0.2) is 0 Å². The maximum Gasteiger partial charge on any atom is 0.259 e. The van der Waals surface area contributed by atoms with E-state index < -0.39 is 0 Å². The van der Waals surface area contributed by atoms with Crippen molar-refractivity contribution in [2.45, 2.75) is 32.2 Å². The Labute approximate surface area is 94.0 Å². The summed E-state index contributed by atoms with van der Waals surface area (Å²) in [4.78, 5) is 13.9. The van der Waals surface area contributed by atoms with E-state index in [2.05, 4.69) is 5.16 Å². The second kappa shape index (κ2) is 4.65. The van der Waals surface area contributed by atoms with E-state index in [4.69, 9.17) is 4.52 Å². The maximum atomic E-state index is 12.2. The number of carbonyl (C=O) groups is 1. The van der Waals surface area contributed by atoms with E-state index in [1.807, 2.05) is 0 Å². The van der Waals surface area contributed by atoms with Crippen molar-refractivity contribution in [1.82, 2.24) is 10.1 Å². The average molecular weight is 224 g/mol. The molecule has 16 heavy (non-hydrogen) atoms. The summed E-state index contributed by atoms with van der Waals surface area (Å²) in [5, 5.41) is 12.8. The van der Waals surface area contributed by atoms with Gasteiger partial charge in [-0.3, -0.25) is 4.79 Å². The second-order valence-electron chi connectivity index (χ2n) is 4.13. The third kappa shape index (κ3) is 1.95. The van der Waals surface area contributed by atoms with Gasteiger partial charge in [0.1, 0.15) is 11.3 Å². The highest BCUT2D eigenvalue weighted by Crippen LogP contribution is 2.20. The van der Waals surface area contributed by atoms with E-state index in [1.54, 1.807) is 11.8 Å². The van der Waals surface area contributed by atoms with Crippen molar-refractivity contribution < 1.29 is 14.4 Å². The van der Waals surface area contributed by atoms with Crippen LogP contribution in [0.15, 0.2) is 10.7 Å². The summed E-state index contributed by atoms with van der Waals surface area (Å²) < 4.78 is 4.89. The minimum absolute atomic E-state index is 0.0239. The Morgan fingerprint density at radius 1 is 1.69 bits per heavy atom. The Balaban J connectivity index is 2.17. The zero-order valence-corrected chi connectivity index (χ0v) is 9.35. The largest absolute Gasteiger partial charge is 0.394 e. The third-order valence-corrected chi connectivity index (χ3v) is 3.08. The number of aliphatic hydroxyl groups is 1. The average Bonchev–Trinajstić information content (AvgIpc) is 2.74. The van der Waals surface area contributed by atoms with Crippen LogP contribution >= 0.6 is 0 Å². The Morgan fingerprint density at radius 2 is 2.50 bits per heavy atom. The fourth-order valence-corrected chi connectivity index (χ4v) is 2.12. The van der Waals surface area contributed by atoms with Gasteiger partial charge in [-0.25, -0.2) is 0 Å². The summed E-state index contributed by atoms with van der Waals surface area (Å²) in [5.74, 6) is 0.449. The van der Waals surface area contributed by atoms with E-state index >= 15 is 0 Å². The lowest BCUT2D eigenvalue weighted by Crippen LogP contribution is -2.45. The van der Waals surface area contributed by atoms with Crippen LogP contribution < -0.4 is 0 Å². The first-order chi connectivity index (χ1) is 7.74. The van der Waals surface area contributed by atoms with Crippen LogP contribution in [0.5, 0.6) is 0 Å². The molecule has 1 fully saturated rings. The van der Waals surface area contributed by atoms with Gasteiger partial charge in [0.2, 0.25) is 0 Å². The molecule has 0 aliphatic carbocycles. The van der Waals surface area contributed by atoms with Crippen molar-refractivity contribution in [3.8, 4) is 0 Å². The van der Waals surface area contributed by atoms with E-state index in [0.717, 1.165) is 19.3 Å². The molecule has 5 nitrogen and oxygen atoms in total. The quantitative estimate of drug-likeness (QED) is 0.812. The van der Waals surface area contributed by atoms with Crippen LogP contribution in [0.1, 0.15) is 35.4 Å². The highest BCUT2D eigenvalue weighted by atomic mass is 16.5. The molecule has 0 aromatic carbocycles. The number of hydrogen-bond acceptors (Lipinski definition) is 4. The van der Waals surface area contributed by atoms with Crippen molar-refractivity contribution in [3.63, 3.8) is 0 Å². The first kappa shape index (κ1) is 11.1. The zero-order chi connectivity index (χ0) is 11.5. The molecule has 2 rings (SSSR count). The number of amides is 1. The van der Waals surface area contributed by atoms with Crippen LogP contribution in [-0.2, 0) is 0 Å². The van der Waals surface area contributed by atoms with E-state index in [9.17, 15) is 9.90 Å². The number of hydrogen-bond donors (Lipinski definition) is 1. The smallest absolute Gasteiger partial charge is 0.259 e. The summed E-state index contributed by atoms with van der Waals surface area (Å²) in [7, 11) is 0. The highest BCUT2D eigenvalue weighted by molar-refractivity contribution is 5.95. The summed E-state index contributed by atoms with van der Waals surface area (Å²) in [6, 6.07) is -0.0597. The summed E-state index contributed by atoms with van der Waals surface area (Å²) in [6.45, 7) is 2.45. The van der Waals surface area contributed by atoms with Crippen LogP contribution in [0.3, 0.4) is 0 Å². The van der Waals surface area contributed by atoms with Crippen molar-refractivity contribution in [3.05, 3.63) is 17.5 Å². The van der Waals surface area contributed by atoms with Gasteiger partial charge < -0.3 is 14.5 Å². The third-order valence-electron chi connectivity index (χ3n) is 3.08. The molecule has 1 N–H and O–H groups in total. The number of aromatic nitrogens is 1. The fourth-order valence-electron chi connectivity index (χ4n) is 2.12. The molecular formula is C11H16N2O3. The molecule has 1 aromatic rings. The van der Waals surface area contributed by atoms with Crippen LogP contribution in [0.4, 0.5) is 0 Å². The van der Waals surface area contributed by atoms with Gasteiger partial charge in [-0.1, -0.05) is 5.16 Å². The number of aliphatic hydroxyl groups excluding tert-OH is 1. The first-order valence-corrected chi connectivity index (χ1v) is 5.57. The van der Waals surface area contributed by atoms with Crippen molar-refractivity contribution in [2.24, 2.45) is 0 Å². The molecule has 0 bridgehead atoms. The standard InChI is InChI=1S/C11H16N2O3/c1-8-10(6-12-16-8)11(15)13-5-3-2-4-9(13)7-14/h6,9,14H,2-5,7H2,1H3. The number of piperidine rings is 1. The first-order valence-electron chi connectivity index (χ1n) is 5.57. The van der Waals surface area contributed by atoms with Crippen molar-refractivity contribution in [2.75, 3.05) is 13.2 Å². The molecular weight excluding hydrogens is 208 g/mol. The molecule has 1 unspecified atom stereocenters. The van der Waals surface area contributed by atoms with Crippen LogP contribution in [0.2, 0.25) is 0 Å². The second-order valence-corrected chi connectivity index (χ2v) is 4.13. The molecule has 0 saturated carbocycles. The van der Waals surface area contributed by atoms with E-state index in [-0.39, 0.29) is 18.6 Å². The molecule has 1 aliphatic heterocycles. The molecule has 0 spiro atoms. The van der Waals surface area contributed by atoms with Gasteiger partial charge in [0.05, 0.1) is 18.8 Å². The fraction of sp³-hybridized carbons (Fsp3) is 0.636. The topological polar surface area (TPSA) is 66.6 Å². The molecule has 0 radical (unpaired) electrons. The van der Waals surface area contributed by atoms with Gasteiger partial charge in [0, 0.05) is 6.54 Å². The molecule has 5 heteroatoms. The number of rotatable bonds is 2. The predicted molar refractivity (Wildman–Crippen MR) is 57.0 cm³/mol. The molecule has 1 atom stereocenters. The Hall–Kier alpha value is -1.36. The molecule has 88 valence electrons. The normalized spacial score (nSPS) is 21.1. The molecule has 1 amide bonds. The number of aryl methyl sites for hydroxylation is 1. The van der Waals surface area contributed by atoms with Crippen LogP contribution in [-0.4, -0.2) is 40.3 Å². The minimum atomic E-state index is -0.0856.